The van der Waals surface area contributed by atoms with Crippen molar-refractivity contribution in [3.05, 3.63) is 59.7 Å². The molecule has 0 radical (unpaired) electrons. The summed E-state index contributed by atoms with van der Waals surface area (Å²) in [6.07, 6.45) is 1.98. The quantitative estimate of drug-likeness (QED) is 0.644. The molecule has 5 heteroatoms. The lowest BCUT2D eigenvalue weighted by molar-refractivity contribution is 0.261. The zero-order chi connectivity index (χ0) is 18.9. The Hall–Kier alpha value is -2.69. The molecule has 4 rings (SSSR count). The molecule has 1 saturated carbocycles. The van der Waals surface area contributed by atoms with Crippen LogP contribution in [0.5, 0.6) is 11.5 Å². The smallest absolute Gasteiger partial charge is 0.191 e. The minimum Gasteiger partial charge on any atom is -0.496 e. The van der Waals surface area contributed by atoms with Crippen LogP contribution in [0.4, 0.5) is 0 Å². The standard InChI is InChI=1S/C22H27N3O2/c1-22(16-9-5-7-11-19(16)26-3)14-20(22)25-21(23-2)24-17-12-13-27-18-10-6-4-8-15(17)18/h4-11,17,20H,12-14H2,1-3H3,(H2,23,24,25). The summed E-state index contributed by atoms with van der Waals surface area (Å²) >= 11 is 0. The van der Waals surface area contributed by atoms with Crippen LogP contribution >= 0.6 is 0 Å². The van der Waals surface area contributed by atoms with E-state index in [1.165, 1.54) is 11.1 Å². The summed E-state index contributed by atoms with van der Waals surface area (Å²) in [6.45, 7) is 2.99. The fourth-order valence-corrected chi connectivity index (χ4v) is 3.98. The van der Waals surface area contributed by atoms with E-state index in [0.29, 0.717) is 12.6 Å². The largest absolute Gasteiger partial charge is 0.496 e. The van der Waals surface area contributed by atoms with Crippen LogP contribution in [0.25, 0.3) is 0 Å². The Morgan fingerprint density at radius 2 is 1.93 bits per heavy atom. The number of nitrogens with zero attached hydrogens (tertiary/aromatic N) is 1. The zero-order valence-electron chi connectivity index (χ0n) is 16.2. The van der Waals surface area contributed by atoms with Crippen LogP contribution in [0.3, 0.4) is 0 Å². The normalized spacial score (nSPS) is 26.6. The highest BCUT2D eigenvalue weighted by Crippen LogP contribution is 2.51. The van der Waals surface area contributed by atoms with Crippen LogP contribution in [-0.2, 0) is 5.41 Å². The van der Waals surface area contributed by atoms with Crippen molar-refractivity contribution in [2.24, 2.45) is 4.99 Å². The summed E-state index contributed by atoms with van der Waals surface area (Å²) in [7, 11) is 3.56. The maximum absolute atomic E-state index is 5.76. The maximum Gasteiger partial charge on any atom is 0.191 e. The fourth-order valence-electron chi connectivity index (χ4n) is 3.98. The molecule has 142 valence electrons. The fraction of sp³-hybridized carbons (Fsp3) is 0.409. The molecule has 1 aliphatic heterocycles. The third-order valence-corrected chi connectivity index (χ3v) is 5.76. The molecule has 0 amide bonds. The summed E-state index contributed by atoms with van der Waals surface area (Å²) in [5.74, 6) is 2.74. The predicted octanol–water partition coefficient (Wildman–Crippen LogP) is 3.41. The first-order valence-electron chi connectivity index (χ1n) is 9.51. The van der Waals surface area contributed by atoms with Crippen LogP contribution in [-0.4, -0.2) is 32.8 Å². The Bertz CT molecular complexity index is 851. The highest BCUT2D eigenvalue weighted by atomic mass is 16.5. The van der Waals surface area contributed by atoms with Gasteiger partial charge in [-0.15, -0.1) is 0 Å². The van der Waals surface area contributed by atoms with Gasteiger partial charge in [-0.2, -0.15) is 0 Å². The number of benzene rings is 2. The molecular weight excluding hydrogens is 338 g/mol. The maximum atomic E-state index is 5.76. The molecule has 0 saturated heterocycles. The van der Waals surface area contributed by atoms with E-state index in [-0.39, 0.29) is 11.5 Å². The average molecular weight is 365 g/mol. The molecule has 1 fully saturated rings. The number of hydrogen-bond donors (Lipinski definition) is 2. The summed E-state index contributed by atoms with van der Waals surface area (Å²) in [5.41, 5.74) is 2.49. The van der Waals surface area contributed by atoms with Gasteiger partial charge in [0.05, 0.1) is 19.8 Å². The summed E-state index contributed by atoms with van der Waals surface area (Å²) < 4.78 is 11.3. The van der Waals surface area contributed by atoms with Crippen molar-refractivity contribution in [2.75, 3.05) is 20.8 Å². The summed E-state index contributed by atoms with van der Waals surface area (Å²) in [6, 6.07) is 17.0. The number of para-hydroxylation sites is 2. The number of methoxy groups -OCH3 is 1. The first kappa shape index (κ1) is 17.7. The van der Waals surface area contributed by atoms with Gasteiger partial charge in [-0.1, -0.05) is 43.3 Å². The lowest BCUT2D eigenvalue weighted by atomic mass is 9.96. The van der Waals surface area contributed by atoms with Gasteiger partial charge in [0.2, 0.25) is 0 Å². The molecule has 3 unspecified atom stereocenters. The van der Waals surface area contributed by atoms with Crippen LogP contribution in [0, 0.1) is 0 Å². The average Bonchev–Trinajstić information content (AvgIpc) is 3.38. The second-order valence-electron chi connectivity index (χ2n) is 7.46. The molecule has 0 spiro atoms. The Kier molecular flexibility index (Phi) is 4.68. The SMILES string of the molecule is CN=C(NC1CCOc2ccccc21)NC1CC1(C)c1ccccc1OC. The number of aliphatic imine (C=N–C) groups is 1. The molecule has 2 aliphatic rings. The topological polar surface area (TPSA) is 54.9 Å². The zero-order valence-corrected chi connectivity index (χ0v) is 16.2. The highest BCUT2D eigenvalue weighted by molar-refractivity contribution is 5.81. The van der Waals surface area contributed by atoms with Crippen LogP contribution < -0.4 is 20.1 Å². The Balaban J connectivity index is 1.46. The van der Waals surface area contributed by atoms with Gasteiger partial charge in [0.25, 0.3) is 0 Å². The number of guanidine groups is 1. The van der Waals surface area contributed by atoms with Gasteiger partial charge in [0.15, 0.2) is 5.96 Å². The molecule has 2 N–H and O–H groups in total. The molecule has 27 heavy (non-hydrogen) atoms. The van der Waals surface area contributed by atoms with E-state index < -0.39 is 0 Å². The van der Waals surface area contributed by atoms with Gasteiger partial charge < -0.3 is 20.1 Å². The van der Waals surface area contributed by atoms with E-state index in [4.69, 9.17) is 9.47 Å². The number of hydrogen-bond acceptors (Lipinski definition) is 3. The third-order valence-electron chi connectivity index (χ3n) is 5.76. The van der Waals surface area contributed by atoms with E-state index in [2.05, 4.69) is 46.8 Å². The Labute approximate surface area is 160 Å². The highest BCUT2D eigenvalue weighted by Gasteiger charge is 2.53. The van der Waals surface area contributed by atoms with Crippen molar-refractivity contribution < 1.29 is 9.47 Å². The van der Waals surface area contributed by atoms with Crippen molar-refractivity contribution in [3.8, 4) is 11.5 Å². The lowest BCUT2D eigenvalue weighted by Crippen LogP contribution is -2.43. The van der Waals surface area contributed by atoms with Crippen LogP contribution in [0.15, 0.2) is 53.5 Å². The van der Waals surface area contributed by atoms with E-state index in [1.54, 1.807) is 7.11 Å². The molecule has 0 bridgehead atoms. The molecule has 0 aromatic heterocycles. The Morgan fingerprint density at radius 1 is 1.15 bits per heavy atom. The molecule has 5 nitrogen and oxygen atoms in total. The lowest BCUT2D eigenvalue weighted by Gasteiger charge is -2.28. The molecule has 2 aromatic carbocycles. The van der Waals surface area contributed by atoms with Crippen molar-refractivity contribution in [1.29, 1.82) is 0 Å². The van der Waals surface area contributed by atoms with Gasteiger partial charge >= 0.3 is 0 Å². The summed E-state index contributed by atoms with van der Waals surface area (Å²) in [4.78, 5) is 4.46. The van der Waals surface area contributed by atoms with Gasteiger partial charge in [-0.05, 0) is 18.6 Å². The van der Waals surface area contributed by atoms with Crippen LogP contribution in [0.2, 0.25) is 0 Å². The minimum absolute atomic E-state index is 0.0534. The molecule has 3 atom stereocenters. The van der Waals surface area contributed by atoms with Crippen molar-refractivity contribution in [3.63, 3.8) is 0 Å². The number of fused-ring (bicyclic) bond motifs is 1. The number of rotatable bonds is 4. The summed E-state index contributed by atoms with van der Waals surface area (Å²) in [5, 5.41) is 7.18. The third kappa shape index (κ3) is 3.34. The van der Waals surface area contributed by atoms with Crippen molar-refractivity contribution in [1.82, 2.24) is 10.6 Å². The van der Waals surface area contributed by atoms with E-state index in [1.807, 2.05) is 31.3 Å². The number of ether oxygens (including phenoxy) is 2. The molecular formula is C22H27N3O2. The van der Waals surface area contributed by atoms with Gasteiger partial charge in [-0.25, -0.2) is 0 Å². The first-order valence-corrected chi connectivity index (χ1v) is 9.51. The van der Waals surface area contributed by atoms with Gasteiger partial charge in [0, 0.05) is 36.1 Å². The van der Waals surface area contributed by atoms with E-state index in [9.17, 15) is 0 Å². The predicted molar refractivity (Wildman–Crippen MR) is 108 cm³/mol. The van der Waals surface area contributed by atoms with Crippen molar-refractivity contribution >= 4 is 5.96 Å². The van der Waals surface area contributed by atoms with Crippen LogP contribution in [0.1, 0.15) is 36.9 Å². The first-order chi connectivity index (χ1) is 13.2. The monoisotopic (exact) mass is 365 g/mol. The second kappa shape index (κ2) is 7.14. The molecule has 1 aliphatic carbocycles. The van der Waals surface area contributed by atoms with Crippen molar-refractivity contribution in [2.45, 2.75) is 37.3 Å². The van der Waals surface area contributed by atoms with E-state index in [0.717, 1.165) is 30.3 Å². The second-order valence-corrected chi connectivity index (χ2v) is 7.46. The molecule has 2 aromatic rings. The van der Waals surface area contributed by atoms with E-state index >= 15 is 0 Å². The Morgan fingerprint density at radius 3 is 2.74 bits per heavy atom. The van der Waals surface area contributed by atoms with Gasteiger partial charge in [0.1, 0.15) is 11.5 Å². The van der Waals surface area contributed by atoms with Gasteiger partial charge in [-0.3, -0.25) is 4.99 Å². The minimum atomic E-state index is 0.0534. The molecule has 1 heterocycles. The number of nitrogens with one attached hydrogen (secondary N) is 2.